The molecule has 0 bridgehead atoms. The molecule has 3 atom stereocenters. The molecule has 1 aliphatic rings. The lowest BCUT2D eigenvalue weighted by molar-refractivity contribution is 0.352. The number of hydrogen-bond acceptors (Lipinski definition) is 5. The Hall–Kier alpha value is -1.43. The Bertz CT molecular complexity index is 498. The predicted molar refractivity (Wildman–Crippen MR) is 85.8 cm³/mol. The van der Waals surface area contributed by atoms with Crippen LogP contribution in [0.5, 0.6) is 0 Å². The maximum absolute atomic E-state index is 13.8. The number of halogens is 1. The zero-order valence-corrected chi connectivity index (χ0v) is 14.0. The largest absolute Gasteiger partial charge is 0.408 e. The third kappa shape index (κ3) is 4.80. The van der Waals surface area contributed by atoms with Crippen LogP contribution in [0, 0.1) is 6.92 Å². The van der Waals surface area contributed by atoms with Crippen LogP contribution in [0.3, 0.4) is 0 Å². The van der Waals surface area contributed by atoms with E-state index in [-0.39, 0.29) is 6.04 Å². The number of aryl methyl sites for hydroxylation is 1. The lowest BCUT2D eigenvalue weighted by atomic mass is 10.1. The fraction of sp³-hybridized carbons (Fsp3) is 0.750. The van der Waals surface area contributed by atoms with Gasteiger partial charge in [-0.1, -0.05) is 16.7 Å². The van der Waals surface area contributed by atoms with Crippen molar-refractivity contribution in [1.29, 1.82) is 0 Å². The van der Waals surface area contributed by atoms with Crippen LogP contribution in [0.4, 0.5) is 10.4 Å². The molecule has 22 heavy (non-hydrogen) atoms. The summed E-state index contributed by atoms with van der Waals surface area (Å²) in [5.41, 5.74) is 1.35. The van der Waals surface area contributed by atoms with E-state index in [9.17, 15) is 4.39 Å². The van der Waals surface area contributed by atoms with Gasteiger partial charge in [-0.05, 0) is 33.6 Å². The van der Waals surface area contributed by atoms with Crippen molar-refractivity contribution in [3.05, 3.63) is 17.5 Å². The number of aromatic nitrogens is 2. The quantitative estimate of drug-likeness (QED) is 0.785. The van der Waals surface area contributed by atoms with E-state index < -0.39 is 6.17 Å². The van der Waals surface area contributed by atoms with Crippen molar-refractivity contribution in [3.8, 4) is 0 Å². The van der Waals surface area contributed by atoms with E-state index in [1.54, 1.807) is 6.92 Å². The fourth-order valence-corrected chi connectivity index (χ4v) is 2.75. The molecule has 0 aliphatic carbocycles. The highest BCUT2D eigenvalue weighted by Gasteiger charge is 2.35. The van der Waals surface area contributed by atoms with Crippen molar-refractivity contribution in [2.75, 3.05) is 18.0 Å². The van der Waals surface area contributed by atoms with Crippen molar-refractivity contribution in [2.45, 2.75) is 65.2 Å². The number of allylic oxidation sites excluding steroid dienone is 2. The molecule has 0 aromatic carbocycles. The Balaban J connectivity index is 1.83. The van der Waals surface area contributed by atoms with Crippen molar-refractivity contribution in [2.24, 2.45) is 0 Å². The fourth-order valence-electron chi connectivity index (χ4n) is 2.75. The van der Waals surface area contributed by atoms with E-state index in [1.165, 1.54) is 5.57 Å². The first-order chi connectivity index (χ1) is 10.5. The maximum atomic E-state index is 13.8. The third-order valence-electron chi connectivity index (χ3n) is 3.98. The first-order valence-corrected chi connectivity index (χ1v) is 8.03. The lowest BCUT2D eigenvalue weighted by Gasteiger charge is -2.24. The van der Waals surface area contributed by atoms with Gasteiger partial charge >= 0.3 is 6.01 Å². The first kappa shape index (κ1) is 16.9. The van der Waals surface area contributed by atoms with Gasteiger partial charge in [0, 0.05) is 32.0 Å². The molecule has 0 radical (unpaired) electrons. The highest BCUT2D eigenvalue weighted by Crippen LogP contribution is 2.26. The smallest absolute Gasteiger partial charge is 0.318 e. The Labute approximate surface area is 132 Å². The number of anilines is 1. The van der Waals surface area contributed by atoms with E-state index >= 15 is 0 Å². The zero-order valence-electron chi connectivity index (χ0n) is 14.0. The minimum Gasteiger partial charge on any atom is -0.408 e. The Morgan fingerprint density at radius 3 is 2.91 bits per heavy atom. The average Bonchev–Trinajstić information content (AvgIpc) is 3.02. The molecular formula is C16H27FN4O. The molecule has 1 fully saturated rings. The minimum atomic E-state index is -0.833. The van der Waals surface area contributed by atoms with Gasteiger partial charge in [0.05, 0.1) is 6.54 Å². The summed E-state index contributed by atoms with van der Waals surface area (Å²) in [6, 6.07) is 0.905. The summed E-state index contributed by atoms with van der Waals surface area (Å²) >= 11 is 0. The molecule has 2 rings (SSSR count). The highest BCUT2D eigenvalue weighted by molar-refractivity contribution is 5.30. The van der Waals surface area contributed by atoms with Crippen LogP contribution in [0.15, 0.2) is 16.1 Å². The van der Waals surface area contributed by atoms with Crippen LogP contribution in [0.2, 0.25) is 0 Å². The molecular weight excluding hydrogens is 283 g/mol. The monoisotopic (exact) mass is 310 g/mol. The second kappa shape index (κ2) is 7.72. The van der Waals surface area contributed by atoms with Crippen molar-refractivity contribution < 1.29 is 8.81 Å². The molecule has 1 aromatic rings. The molecule has 0 saturated carbocycles. The van der Waals surface area contributed by atoms with Crippen LogP contribution in [0.25, 0.3) is 0 Å². The van der Waals surface area contributed by atoms with E-state index in [4.69, 9.17) is 4.42 Å². The summed E-state index contributed by atoms with van der Waals surface area (Å²) in [6.07, 6.45) is 4.07. The highest BCUT2D eigenvalue weighted by atomic mass is 19.1. The van der Waals surface area contributed by atoms with Crippen LogP contribution in [0.1, 0.15) is 45.9 Å². The van der Waals surface area contributed by atoms with Crippen molar-refractivity contribution in [3.63, 3.8) is 0 Å². The van der Waals surface area contributed by atoms with Gasteiger partial charge in [0.15, 0.2) is 0 Å². The maximum Gasteiger partial charge on any atom is 0.318 e. The van der Waals surface area contributed by atoms with Crippen LogP contribution in [-0.4, -0.2) is 41.5 Å². The van der Waals surface area contributed by atoms with E-state index in [0.29, 0.717) is 30.9 Å². The molecule has 1 N–H and O–H groups in total. The second-order valence-corrected chi connectivity index (χ2v) is 6.41. The molecule has 0 spiro atoms. The minimum absolute atomic E-state index is 0.0701. The number of hydrogen-bond donors (Lipinski definition) is 1. The summed E-state index contributed by atoms with van der Waals surface area (Å²) in [6.45, 7) is 9.21. The van der Waals surface area contributed by atoms with Crippen molar-refractivity contribution in [1.82, 2.24) is 15.5 Å². The van der Waals surface area contributed by atoms with Crippen LogP contribution < -0.4 is 10.2 Å². The van der Waals surface area contributed by atoms with E-state index in [1.807, 2.05) is 4.90 Å². The van der Waals surface area contributed by atoms with Crippen LogP contribution >= 0.6 is 0 Å². The summed E-state index contributed by atoms with van der Waals surface area (Å²) in [5.74, 6) is 0.513. The lowest BCUT2D eigenvalue weighted by Crippen LogP contribution is -2.41. The topological polar surface area (TPSA) is 54.2 Å². The first-order valence-electron chi connectivity index (χ1n) is 8.03. The Morgan fingerprint density at radius 2 is 2.27 bits per heavy atom. The van der Waals surface area contributed by atoms with Gasteiger partial charge in [-0.15, -0.1) is 5.10 Å². The van der Waals surface area contributed by atoms with Gasteiger partial charge in [0.2, 0.25) is 5.89 Å². The van der Waals surface area contributed by atoms with Gasteiger partial charge in [-0.25, -0.2) is 4.39 Å². The predicted octanol–water partition coefficient (Wildman–Crippen LogP) is 3.02. The molecule has 0 amide bonds. The SMILES string of the molecule is CC(C)=CCC[C@H](C)NC[C@@H]1C[C@H](F)CN1c1nnc(C)o1. The molecule has 0 unspecified atom stereocenters. The number of rotatable bonds is 7. The number of nitrogens with zero attached hydrogens (tertiary/aromatic N) is 3. The standard InChI is InChI=1S/C16H27FN4O/c1-11(2)6-5-7-12(3)18-9-15-8-14(17)10-21(15)16-20-19-13(4)22-16/h6,12,14-15,18H,5,7-10H2,1-4H3/t12-,14-,15-/m0/s1. The molecule has 2 heterocycles. The zero-order chi connectivity index (χ0) is 16.1. The van der Waals surface area contributed by atoms with Gasteiger partial charge < -0.3 is 14.6 Å². The normalized spacial score (nSPS) is 22.9. The Kier molecular flexibility index (Phi) is 5.94. The van der Waals surface area contributed by atoms with Gasteiger partial charge in [-0.3, -0.25) is 0 Å². The summed E-state index contributed by atoms with van der Waals surface area (Å²) in [7, 11) is 0. The molecule has 1 aliphatic heterocycles. The van der Waals surface area contributed by atoms with E-state index in [0.717, 1.165) is 19.4 Å². The third-order valence-corrected chi connectivity index (χ3v) is 3.98. The second-order valence-electron chi connectivity index (χ2n) is 6.41. The molecule has 1 saturated heterocycles. The van der Waals surface area contributed by atoms with Crippen molar-refractivity contribution >= 4 is 6.01 Å². The van der Waals surface area contributed by atoms with Gasteiger partial charge in [0.1, 0.15) is 6.17 Å². The average molecular weight is 310 g/mol. The van der Waals surface area contributed by atoms with Gasteiger partial charge in [0.25, 0.3) is 0 Å². The number of nitrogens with one attached hydrogen (secondary N) is 1. The molecule has 5 nitrogen and oxygen atoms in total. The summed E-state index contributed by atoms with van der Waals surface area (Å²) in [4.78, 5) is 1.89. The van der Waals surface area contributed by atoms with Crippen LogP contribution in [-0.2, 0) is 0 Å². The molecule has 124 valence electrons. The summed E-state index contributed by atoms with van der Waals surface area (Å²) < 4.78 is 19.2. The number of alkyl halides is 1. The summed E-state index contributed by atoms with van der Waals surface area (Å²) in [5, 5.41) is 11.3. The molecule has 1 aromatic heterocycles. The molecule has 6 heteroatoms. The van der Waals surface area contributed by atoms with E-state index in [2.05, 4.69) is 42.4 Å². The Morgan fingerprint density at radius 1 is 1.50 bits per heavy atom. The van der Waals surface area contributed by atoms with Gasteiger partial charge in [-0.2, -0.15) is 0 Å².